The van der Waals surface area contributed by atoms with Crippen LogP contribution in [0.3, 0.4) is 0 Å². The summed E-state index contributed by atoms with van der Waals surface area (Å²) in [7, 11) is 0. The molecule has 1 aromatic heterocycles. The lowest BCUT2D eigenvalue weighted by molar-refractivity contribution is -0.0606. The molecule has 5 nitrogen and oxygen atoms in total. The van der Waals surface area contributed by atoms with Crippen molar-refractivity contribution in [3.63, 3.8) is 0 Å². The first kappa shape index (κ1) is 14.8. The van der Waals surface area contributed by atoms with Crippen molar-refractivity contribution in [2.24, 2.45) is 0 Å². The van der Waals surface area contributed by atoms with Crippen LogP contribution in [0.2, 0.25) is 0 Å². The number of benzene rings is 1. The number of aliphatic hydroxyl groups excluding tert-OH is 1. The summed E-state index contributed by atoms with van der Waals surface area (Å²) in [5, 5.41) is 21.6. The van der Waals surface area contributed by atoms with E-state index in [4.69, 9.17) is 10.5 Å². The molecule has 122 valence electrons. The Hall–Kier alpha value is -1.76. The maximum atomic E-state index is 13.4. The maximum absolute atomic E-state index is 13.4. The standard InChI is InChI=1S/C17H19FN2O3/c18-11-8-10-4-3-9(6-12(10)20-16(11)19)7-13-15(21)17(22)5-1-2-14(17)23-13/h3-4,6,8,13-15,21-22H,1-2,5,7H2,(H2,19,20). The van der Waals surface area contributed by atoms with Crippen molar-refractivity contribution in [1.29, 1.82) is 0 Å². The zero-order valence-corrected chi connectivity index (χ0v) is 12.6. The fraction of sp³-hybridized carbons (Fsp3) is 0.471. The molecule has 2 aromatic rings. The molecule has 0 amide bonds. The van der Waals surface area contributed by atoms with E-state index in [0.29, 0.717) is 23.7 Å². The predicted octanol–water partition coefficient (Wildman–Crippen LogP) is 1.54. The van der Waals surface area contributed by atoms with Gasteiger partial charge in [-0.3, -0.25) is 0 Å². The average molecular weight is 318 g/mol. The largest absolute Gasteiger partial charge is 0.387 e. The maximum Gasteiger partial charge on any atom is 0.165 e. The van der Waals surface area contributed by atoms with Crippen molar-refractivity contribution < 1.29 is 19.3 Å². The van der Waals surface area contributed by atoms with E-state index in [2.05, 4.69) is 4.98 Å². The van der Waals surface area contributed by atoms with Crippen molar-refractivity contribution in [3.05, 3.63) is 35.6 Å². The second kappa shape index (κ2) is 5.12. The van der Waals surface area contributed by atoms with Gasteiger partial charge in [-0.05, 0) is 37.0 Å². The summed E-state index contributed by atoms with van der Waals surface area (Å²) in [4.78, 5) is 4.05. The number of halogens is 1. The van der Waals surface area contributed by atoms with Crippen LogP contribution in [0.4, 0.5) is 10.2 Å². The number of anilines is 1. The summed E-state index contributed by atoms with van der Waals surface area (Å²) >= 11 is 0. The molecule has 2 aliphatic rings. The molecule has 4 N–H and O–H groups in total. The molecule has 6 heteroatoms. The topological polar surface area (TPSA) is 88.6 Å². The number of nitrogens with two attached hydrogens (primary N) is 1. The summed E-state index contributed by atoms with van der Waals surface area (Å²) in [6, 6.07) is 6.81. The van der Waals surface area contributed by atoms with Crippen LogP contribution in [0.15, 0.2) is 24.3 Å². The Morgan fingerprint density at radius 1 is 1.39 bits per heavy atom. The highest BCUT2D eigenvalue weighted by atomic mass is 19.1. The molecule has 1 saturated heterocycles. The van der Waals surface area contributed by atoms with E-state index < -0.39 is 23.6 Å². The predicted molar refractivity (Wildman–Crippen MR) is 83.3 cm³/mol. The van der Waals surface area contributed by atoms with Crippen LogP contribution >= 0.6 is 0 Å². The lowest BCUT2D eigenvalue weighted by Crippen LogP contribution is -2.45. The highest BCUT2D eigenvalue weighted by molar-refractivity contribution is 5.80. The van der Waals surface area contributed by atoms with E-state index in [9.17, 15) is 14.6 Å². The molecule has 1 aliphatic carbocycles. The zero-order chi connectivity index (χ0) is 16.2. The summed E-state index contributed by atoms with van der Waals surface area (Å²) in [6.45, 7) is 0. The Morgan fingerprint density at radius 2 is 2.22 bits per heavy atom. The number of nitrogens with zero attached hydrogens (tertiary/aromatic N) is 1. The Labute approximate surface area is 132 Å². The van der Waals surface area contributed by atoms with Gasteiger partial charge in [-0.25, -0.2) is 9.37 Å². The van der Waals surface area contributed by atoms with Gasteiger partial charge in [-0.2, -0.15) is 0 Å². The van der Waals surface area contributed by atoms with Gasteiger partial charge in [0.15, 0.2) is 11.6 Å². The van der Waals surface area contributed by atoms with Crippen LogP contribution in [0.1, 0.15) is 24.8 Å². The molecule has 0 radical (unpaired) electrons. The summed E-state index contributed by atoms with van der Waals surface area (Å²) < 4.78 is 19.3. The van der Waals surface area contributed by atoms with Crippen molar-refractivity contribution in [2.45, 2.75) is 49.6 Å². The molecule has 0 bridgehead atoms. The van der Waals surface area contributed by atoms with Crippen LogP contribution in [0.25, 0.3) is 10.9 Å². The van der Waals surface area contributed by atoms with E-state index in [1.807, 2.05) is 12.1 Å². The quantitative estimate of drug-likeness (QED) is 0.782. The fourth-order valence-electron chi connectivity index (χ4n) is 3.83. The molecule has 2 heterocycles. The van der Waals surface area contributed by atoms with Gasteiger partial charge in [0.05, 0.1) is 17.7 Å². The van der Waals surface area contributed by atoms with Crippen molar-refractivity contribution in [1.82, 2.24) is 4.98 Å². The Balaban J connectivity index is 1.60. The molecule has 0 spiro atoms. The van der Waals surface area contributed by atoms with Gasteiger partial charge < -0.3 is 20.7 Å². The van der Waals surface area contributed by atoms with E-state index in [0.717, 1.165) is 18.4 Å². The summed E-state index contributed by atoms with van der Waals surface area (Å²) in [5.74, 6) is -0.662. The first-order chi connectivity index (χ1) is 11.0. The molecular weight excluding hydrogens is 299 g/mol. The minimum Gasteiger partial charge on any atom is -0.387 e. The van der Waals surface area contributed by atoms with Gasteiger partial charge in [0.2, 0.25) is 0 Å². The number of aliphatic hydroxyl groups is 2. The number of hydrogen-bond acceptors (Lipinski definition) is 5. The molecule has 2 fully saturated rings. The molecule has 4 atom stereocenters. The number of hydrogen-bond donors (Lipinski definition) is 3. The Kier molecular flexibility index (Phi) is 3.30. The van der Waals surface area contributed by atoms with Gasteiger partial charge in [0.25, 0.3) is 0 Å². The second-order valence-corrected chi connectivity index (χ2v) is 6.58. The van der Waals surface area contributed by atoms with Crippen LogP contribution < -0.4 is 5.73 Å². The molecule has 4 rings (SSSR count). The average Bonchev–Trinajstić information content (AvgIpc) is 2.98. The lowest BCUT2D eigenvalue weighted by atomic mass is 9.90. The first-order valence-corrected chi connectivity index (χ1v) is 7.88. The third kappa shape index (κ3) is 2.29. The molecule has 4 unspecified atom stereocenters. The number of pyridine rings is 1. The summed E-state index contributed by atoms with van der Waals surface area (Å²) in [6.07, 6.45) is 1.07. The second-order valence-electron chi connectivity index (χ2n) is 6.58. The number of nitrogen functional groups attached to an aromatic ring is 1. The molecule has 23 heavy (non-hydrogen) atoms. The monoisotopic (exact) mass is 318 g/mol. The minimum atomic E-state index is -1.12. The van der Waals surface area contributed by atoms with Crippen molar-refractivity contribution in [2.75, 3.05) is 5.73 Å². The highest BCUT2D eigenvalue weighted by Gasteiger charge is 2.56. The van der Waals surface area contributed by atoms with Crippen LogP contribution in [-0.2, 0) is 11.2 Å². The minimum absolute atomic E-state index is 0.129. The fourth-order valence-corrected chi connectivity index (χ4v) is 3.83. The third-order valence-corrected chi connectivity index (χ3v) is 5.10. The molecule has 1 saturated carbocycles. The Morgan fingerprint density at radius 3 is 3.00 bits per heavy atom. The Bertz CT molecular complexity index is 769. The molecular formula is C17H19FN2O3. The van der Waals surface area contributed by atoms with Crippen LogP contribution in [0, 0.1) is 5.82 Å². The number of fused-ring (bicyclic) bond motifs is 2. The van der Waals surface area contributed by atoms with Crippen molar-refractivity contribution in [3.8, 4) is 0 Å². The van der Waals surface area contributed by atoms with Crippen LogP contribution in [-0.4, -0.2) is 39.1 Å². The van der Waals surface area contributed by atoms with Gasteiger partial charge in [0, 0.05) is 11.8 Å². The summed E-state index contributed by atoms with van der Waals surface area (Å²) in [5.41, 5.74) is 5.91. The van der Waals surface area contributed by atoms with E-state index in [-0.39, 0.29) is 11.9 Å². The molecule has 1 aliphatic heterocycles. The van der Waals surface area contributed by atoms with E-state index >= 15 is 0 Å². The normalized spacial score (nSPS) is 33.3. The number of aromatic nitrogens is 1. The van der Waals surface area contributed by atoms with Crippen LogP contribution in [0.5, 0.6) is 0 Å². The third-order valence-electron chi connectivity index (χ3n) is 5.10. The van der Waals surface area contributed by atoms with Gasteiger partial charge in [0.1, 0.15) is 11.7 Å². The lowest BCUT2D eigenvalue weighted by Gasteiger charge is -2.25. The van der Waals surface area contributed by atoms with Gasteiger partial charge in [-0.15, -0.1) is 0 Å². The SMILES string of the molecule is Nc1nc2cc(CC3OC4CCCC4(O)C3O)ccc2cc1F. The zero-order valence-electron chi connectivity index (χ0n) is 12.6. The van der Waals surface area contributed by atoms with E-state index in [1.165, 1.54) is 6.07 Å². The van der Waals surface area contributed by atoms with Gasteiger partial charge in [-0.1, -0.05) is 12.1 Å². The number of ether oxygens (including phenoxy) is 1. The van der Waals surface area contributed by atoms with E-state index in [1.54, 1.807) is 6.07 Å². The number of rotatable bonds is 2. The first-order valence-electron chi connectivity index (χ1n) is 7.88. The molecule has 1 aromatic carbocycles. The smallest absolute Gasteiger partial charge is 0.165 e. The van der Waals surface area contributed by atoms with Gasteiger partial charge >= 0.3 is 0 Å². The van der Waals surface area contributed by atoms with Crippen molar-refractivity contribution >= 4 is 16.7 Å². The highest BCUT2D eigenvalue weighted by Crippen LogP contribution is 2.43.